The average molecular weight is 187 g/mol. The highest BCUT2D eigenvalue weighted by molar-refractivity contribution is 5.00. The molecular formula is C12H29N. The van der Waals surface area contributed by atoms with Crippen LogP contribution in [0.2, 0.25) is 0 Å². The lowest BCUT2D eigenvalue weighted by molar-refractivity contribution is 0.287. The van der Waals surface area contributed by atoms with Crippen molar-refractivity contribution in [3.63, 3.8) is 0 Å². The summed E-state index contributed by atoms with van der Waals surface area (Å²) in [5.41, 5.74) is 0. The van der Waals surface area contributed by atoms with E-state index in [1.54, 1.807) is 0 Å². The van der Waals surface area contributed by atoms with Gasteiger partial charge in [0, 0.05) is 12.6 Å². The van der Waals surface area contributed by atoms with Gasteiger partial charge in [0.2, 0.25) is 0 Å². The third kappa shape index (κ3) is 3.68. The maximum absolute atomic E-state index is 2.47. The van der Waals surface area contributed by atoms with Crippen LogP contribution in [0.15, 0.2) is 0 Å². The summed E-state index contributed by atoms with van der Waals surface area (Å²) in [6.07, 6.45) is 1.52. The molecule has 0 aromatic heterocycles. The minimum absolute atomic E-state index is 0. The van der Waals surface area contributed by atoms with Crippen molar-refractivity contribution in [1.29, 1.82) is 0 Å². The van der Waals surface area contributed by atoms with E-state index < -0.39 is 0 Å². The SMILES string of the molecule is C.CC.CC.CC1C2CC2CN1C. The summed E-state index contributed by atoms with van der Waals surface area (Å²) in [6, 6.07) is 0.889. The summed E-state index contributed by atoms with van der Waals surface area (Å²) in [6.45, 7) is 11.7. The van der Waals surface area contributed by atoms with E-state index in [0.717, 1.165) is 17.9 Å². The predicted molar refractivity (Wildman–Crippen MR) is 63.1 cm³/mol. The second kappa shape index (κ2) is 7.37. The molecule has 2 aliphatic rings. The molecule has 1 aliphatic carbocycles. The first kappa shape index (κ1) is 15.4. The largest absolute Gasteiger partial charge is 0.303 e. The Morgan fingerprint density at radius 2 is 1.54 bits per heavy atom. The zero-order chi connectivity index (χ0) is 9.72. The Hall–Kier alpha value is -0.0400. The molecular weight excluding hydrogens is 158 g/mol. The molecule has 13 heavy (non-hydrogen) atoms. The van der Waals surface area contributed by atoms with Crippen LogP contribution in [0.1, 0.15) is 48.5 Å². The van der Waals surface area contributed by atoms with Crippen LogP contribution in [0.4, 0.5) is 0 Å². The summed E-state index contributed by atoms with van der Waals surface area (Å²) >= 11 is 0. The van der Waals surface area contributed by atoms with Crippen molar-refractivity contribution in [3.8, 4) is 0 Å². The molecule has 0 spiro atoms. The Labute approximate surface area is 85.5 Å². The van der Waals surface area contributed by atoms with E-state index in [0.29, 0.717) is 0 Å². The molecule has 2 rings (SSSR count). The molecule has 0 aromatic carbocycles. The molecule has 1 heterocycles. The van der Waals surface area contributed by atoms with Crippen molar-refractivity contribution in [3.05, 3.63) is 0 Å². The minimum Gasteiger partial charge on any atom is -0.303 e. The highest BCUT2D eigenvalue weighted by Crippen LogP contribution is 2.48. The highest BCUT2D eigenvalue weighted by Gasteiger charge is 2.48. The summed E-state index contributed by atoms with van der Waals surface area (Å²) in [4.78, 5) is 2.47. The molecule has 1 saturated heterocycles. The molecule has 2 fully saturated rings. The van der Waals surface area contributed by atoms with Crippen LogP contribution in [0.5, 0.6) is 0 Å². The molecule has 1 aliphatic heterocycles. The van der Waals surface area contributed by atoms with Crippen LogP contribution in [-0.4, -0.2) is 24.5 Å². The molecule has 0 N–H and O–H groups in total. The topological polar surface area (TPSA) is 3.24 Å². The van der Waals surface area contributed by atoms with Crippen molar-refractivity contribution >= 4 is 0 Å². The summed E-state index contributed by atoms with van der Waals surface area (Å²) in [5.74, 6) is 2.18. The molecule has 82 valence electrons. The Kier molecular flexibility index (Phi) is 8.75. The van der Waals surface area contributed by atoms with Gasteiger partial charge in [0.05, 0.1) is 0 Å². The Morgan fingerprint density at radius 3 is 1.69 bits per heavy atom. The summed E-state index contributed by atoms with van der Waals surface area (Å²) in [5, 5.41) is 0. The molecule has 3 atom stereocenters. The third-order valence-electron chi connectivity index (χ3n) is 2.81. The number of hydrogen-bond acceptors (Lipinski definition) is 1. The van der Waals surface area contributed by atoms with E-state index in [4.69, 9.17) is 0 Å². The second-order valence-corrected chi connectivity index (χ2v) is 3.34. The van der Waals surface area contributed by atoms with Crippen molar-refractivity contribution < 1.29 is 0 Å². The van der Waals surface area contributed by atoms with Crippen LogP contribution in [0.3, 0.4) is 0 Å². The van der Waals surface area contributed by atoms with Gasteiger partial charge in [-0.2, -0.15) is 0 Å². The zero-order valence-corrected chi connectivity index (χ0v) is 9.59. The maximum Gasteiger partial charge on any atom is 0.00955 e. The normalized spacial score (nSPS) is 34.2. The molecule has 1 heteroatoms. The molecule has 0 radical (unpaired) electrons. The fourth-order valence-electron chi connectivity index (χ4n) is 1.93. The Bertz CT molecular complexity index is 110. The van der Waals surface area contributed by atoms with Crippen LogP contribution >= 0.6 is 0 Å². The molecule has 3 unspecified atom stereocenters. The standard InChI is InChI=1S/C7H13N.2C2H6.CH4/c1-5-7-3-6(7)4-8(5)2;2*1-2;/h5-7H,3-4H2,1-2H3;2*1-2H3;1H4. The van der Waals surface area contributed by atoms with E-state index in [2.05, 4.69) is 18.9 Å². The van der Waals surface area contributed by atoms with Crippen molar-refractivity contribution in [1.82, 2.24) is 4.90 Å². The van der Waals surface area contributed by atoms with Gasteiger partial charge in [-0.05, 0) is 32.2 Å². The molecule has 0 bridgehead atoms. The Balaban J connectivity index is 0. The quantitative estimate of drug-likeness (QED) is 0.559. The lowest BCUT2D eigenvalue weighted by atomic mass is 10.2. The number of nitrogens with zero attached hydrogens (tertiary/aromatic N) is 1. The minimum atomic E-state index is 0. The third-order valence-corrected chi connectivity index (χ3v) is 2.81. The monoisotopic (exact) mass is 187 g/mol. The smallest absolute Gasteiger partial charge is 0.00955 e. The number of likely N-dealkylation sites (tertiary alicyclic amines) is 1. The average Bonchev–Trinajstić information content (AvgIpc) is 2.84. The van der Waals surface area contributed by atoms with Gasteiger partial charge in [-0.1, -0.05) is 35.1 Å². The van der Waals surface area contributed by atoms with Crippen LogP contribution < -0.4 is 0 Å². The van der Waals surface area contributed by atoms with Gasteiger partial charge in [0.1, 0.15) is 0 Å². The lowest BCUT2D eigenvalue weighted by Gasteiger charge is -2.16. The summed E-state index contributed by atoms with van der Waals surface area (Å²) < 4.78 is 0. The van der Waals surface area contributed by atoms with Gasteiger partial charge in [0.15, 0.2) is 0 Å². The van der Waals surface area contributed by atoms with Gasteiger partial charge < -0.3 is 4.90 Å². The van der Waals surface area contributed by atoms with Crippen molar-refractivity contribution in [2.45, 2.75) is 54.5 Å². The fourth-order valence-corrected chi connectivity index (χ4v) is 1.93. The molecule has 1 nitrogen and oxygen atoms in total. The number of rotatable bonds is 0. The van der Waals surface area contributed by atoms with Gasteiger partial charge in [-0.15, -0.1) is 0 Å². The first-order valence-electron chi connectivity index (χ1n) is 5.49. The van der Waals surface area contributed by atoms with Gasteiger partial charge >= 0.3 is 0 Å². The molecule has 0 aromatic rings. The van der Waals surface area contributed by atoms with E-state index in [-0.39, 0.29) is 7.43 Å². The van der Waals surface area contributed by atoms with Crippen LogP contribution in [0.25, 0.3) is 0 Å². The first-order chi connectivity index (χ1) is 5.79. The Morgan fingerprint density at radius 1 is 1.08 bits per heavy atom. The molecule has 0 amide bonds. The van der Waals surface area contributed by atoms with E-state index in [9.17, 15) is 0 Å². The lowest BCUT2D eigenvalue weighted by Crippen LogP contribution is -2.25. The molecule has 1 saturated carbocycles. The van der Waals surface area contributed by atoms with Crippen molar-refractivity contribution in [2.75, 3.05) is 13.6 Å². The van der Waals surface area contributed by atoms with Crippen molar-refractivity contribution in [2.24, 2.45) is 11.8 Å². The fraction of sp³-hybridized carbons (Fsp3) is 1.00. The second-order valence-electron chi connectivity index (χ2n) is 3.34. The van der Waals surface area contributed by atoms with Gasteiger partial charge in [0.25, 0.3) is 0 Å². The van der Waals surface area contributed by atoms with Gasteiger partial charge in [-0.25, -0.2) is 0 Å². The van der Waals surface area contributed by atoms with E-state index in [1.807, 2.05) is 27.7 Å². The number of fused-ring (bicyclic) bond motifs is 1. The van der Waals surface area contributed by atoms with Gasteiger partial charge in [-0.3, -0.25) is 0 Å². The first-order valence-corrected chi connectivity index (χ1v) is 5.49. The predicted octanol–water partition coefficient (Wildman–Crippen LogP) is 3.64. The number of hydrogen-bond donors (Lipinski definition) is 0. The maximum atomic E-state index is 2.47. The van der Waals surface area contributed by atoms with E-state index in [1.165, 1.54) is 13.0 Å². The summed E-state index contributed by atoms with van der Waals surface area (Å²) in [7, 11) is 2.23. The van der Waals surface area contributed by atoms with Crippen LogP contribution in [0, 0.1) is 11.8 Å². The van der Waals surface area contributed by atoms with Crippen LogP contribution in [-0.2, 0) is 0 Å². The number of piperidine rings is 1. The van der Waals surface area contributed by atoms with E-state index >= 15 is 0 Å². The zero-order valence-electron chi connectivity index (χ0n) is 9.59. The highest BCUT2D eigenvalue weighted by atomic mass is 15.2.